The van der Waals surface area contributed by atoms with E-state index in [4.69, 9.17) is 11.6 Å². The molecule has 1 aromatic heterocycles. The van der Waals surface area contributed by atoms with Crippen LogP contribution in [-0.2, 0) is 0 Å². The number of anilines is 4. The highest BCUT2D eigenvalue weighted by atomic mass is 35.5. The Morgan fingerprint density at radius 2 is 1.71 bits per heavy atom. The van der Waals surface area contributed by atoms with E-state index in [1.165, 1.54) is 23.1 Å². The molecule has 0 spiro atoms. The molecule has 0 saturated carbocycles. The van der Waals surface area contributed by atoms with E-state index in [1.54, 1.807) is 24.3 Å². The first kappa shape index (κ1) is 20.9. The Morgan fingerprint density at radius 1 is 1.00 bits per heavy atom. The summed E-state index contributed by atoms with van der Waals surface area (Å²) in [6, 6.07) is 13.3. The summed E-state index contributed by atoms with van der Waals surface area (Å²) in [5.41, 5.74) is 4.12. The van der Waals surface area contributed by atoms with Gasteiger partial charge in [0.25, 0.3) is 0 Å². The zero-order chi connectivity index (χ0) is 22.0. The van der Waals surface area contributed by atoms with E-state index in [0.29, 0.717) is 29.6 Å². The molecule has 2 aromatic carbocycles. The number of aryl methyl sites for hydroxylation is 1. The first-order chi connectivity index (χ1) is 15.0. The summed E-state index contributed by atoms with van der Waals surface area (Å²) in [5, 5.41) is 15.4. The molecule has 8 nitrogen and oxygen atoms in total. The van der Waals surface area contributed by atoms with E-state index >= 15 is 0 Å². The van der Waals surface area contributed by atoms with Crippen LogP contribution in [0.2, 0.25) is 5.02 Å². The second-order valence-electron chi connectivity index (χ2n) is 7.45. The van der Waals surface area contributed by atoms with Gasteiger partial charge >= 0.3 is 5.69 Å². The lowest BCUT2D eigenvalue weighted by Crippen LogP contribution is -2.47. The van der Waals surface area contributed by atoms with Crippen LogP contribution in [0.5, 0.6) is 0 Å². The average Bonchev–Trinajstić information content (AvgIpc) is 2.77. The van der Waals surface area contributed by atoms with Gasteiger partial charge in [-0.1, -0.05) is 35.9 Å². The number of para-hydroxylation sites is 1. The number of nitrogens with zero attached hydrogens (tertiary/aromatic N) is 5. The Balaban J connectivity index is 1.58. The van der Waals surface area contributed by atoms with Gasteiger partial charge in [-0.3, -0.25) is 10.1 Å². The number of halogens is 1. The molecule has 160 valence electrons. The topological polar surface area (TPSA) is 87.4 Å². The minimum atomic E-state index is -0.439. The molecule has 0 amide bonds. The number of benzene rings is 2. The van der Waals surface area contributed by atoms with Crippen molar-refractivity contribution in [2.75, 3.05) is 41.3 Å². The molecule has 31 heavy (non-hydrogen) atoms. The molecule has 0 aliphatic carbocycles. The standard InChI is InChI=1S/C22H23ClN6O2/c1-15-6-5-9-19(16(15)2)27-10-12-28(13-11-27)22-20(29(30)31)21(24-14-25-22)26-18-8-4-3-7-17(18)23/h3-9,14H,10-13H2,1-2H3,(H,24,25,26). The Morgan fingerprint density at radius 3 is 2.42 bits per heavy atom. The first-order valence-electron chi connectivity index (χ1n) is 10.0. The molecule has 1 fully saturated rings. The van der Waals surface area contributed by atoms with Crippen LogP contribution in [0, 0.1) is 24.0 Å². The number of nitrogens with one attached hydrogen (secondary N) is 1. The first-order valence-corrected chi connectivity index (χ1v) is 10.4. The molecule has 1 N–H and O–H groups in total. The summed E-state index contributed by atoms with van der Waals surface area (Å²) in [6.45, 7) is 6.97. The van der Waals surface area contributed by atoms with Crippen LogP contribution in [0.15, 0.2) is 48.8 Å². The zero-order valence-corrected chi connectivity index (χ0v) is 18.1. The molecule has 1 aliphatic heterocycles. The van der Waals surface area contributed by atoms with E-state index in [-0.39, 0.29) is 11.5 Å². The Labute approximate surface area is 185 Å². The fourth-order valence-corrected chi connectivity index (χ4v) is 3.97. The van der Waals surface area contributed by atoms with Crippen molar-refractivity contribution in [3.63, 3.8) is 0 Å². The van der Waals surface area contributed by atoms with Gasteiger partial charge in [-0.2, -0.15) is 0 Å². The smallest absolute Gasteiger partial charge is 0.353 e. The number of piperazine rings is 1. The van der Waals surface area contributed by atoms with Gasteiger partial charge in [-0.25, -0.2) is 9.97 Å². The minimum Gasteiger partial charge on any atom is -0.368 e. The van der Waals surface area contributed by atoms with Crippen LogP contribution in [0.25, 0.3) is 0 Å². The third-order valence-corrected chi connectivity index (χ3v) is 5.94. The molecule has 1 saturated heterocycles. The van der Waals surface area contributed by atoms with Crippen molar-refractivity contribution in [3.05, 3.63) is 75.1 Å². The fourth-order valence-electron chi connectivity index (χ4n) is 3.79. The number of nitro groups is 1. The molecule has 3 aromatic rings. The predicted octanol–water partition coefficient (Wildman–Crippen LogP) is 4.73. The SMILES string of the molecule is Cc1cccc(N2CCN(c3ncnc(Nc4ccccc4Cl)c3[N+](=O)[O-])CC2)c1C. The highest BCUT2D eigenvalue weighted by Gasteiger charge is 2.30. The van der Waals surface area contributed by atoms with Crippen molar-refractivity contribution in [2.24, 2.45) is 0 Å². The van der Waals surface area contributed by atoms with Crippen molar-refractivity contribution in [1.29, 1.82) is 0 Å². The lowest BCUT2D eigenvalue weighted by atomic mass is 10.1. The van der Waals surface area contributed by atoms with E-state index in [0.717, 1.165) is 13.1 Å². The largest absolute Gasteiger partial charge is 0.368 e. The van der Waals surface area contributed by atoms with Gasteiger partial charge in [0, 0.05) is 31.9 Å². The maximum Gasteiger partial charge on any atom is 0.353 e. The molecular formula is C22H23ClN6O2. The third-order valence-electron chi connectivity index (χ3n) is 5.61. The van der Waals surface area contributed by atoms with Gasteiger partial charge in [-0.05, 0) is 43.2 Å². The molecule has 2 heterocycles. The monoisotopic (exact) mass is 438 g/mol. The van der Waals surface area contributed by atoms with Crippen molar-refractivity contribution in [1.82, 2.24) is 9.97 Å². The molecule has 9 heteroatoms. The lowest BCUT2D eigenvalue weighted by Gasteiger charge is -2.37. The van der Waals surface area contributed by atoms with Gasteiger partial charge in [0.05, 0.1) is 15.6 Å². The fraction of sp³-hybridized carbons (Fsp3) is 0.273. The number of aromatic nitrogens is 2. The van der Waals surface area contributed by atoms with Crippen LogP contribution in [0.1, 0.15) is 11.1 Å². The number of hydrogen-bond acceptors (Lipinski definition) is 7. The summed E-state index contributed by atoms with van der Waals surface area (Å²) in [6.07, 6.45) is 1.35. The van der Waals surface area contributed by atoms with Crippen molar-refractivity contribution in [2.45, 2.75) is 13.8 Å². The molecule has 4 rings (SSSR count). The minimum absolute atomic E-state index is 0.125. The second kappa shape index (κ2) is 8.77. The van der Waals surface area contributed by atoms with Crippen LogP contribution in [0.3, 0.4) is 0 Å². The summed E-state index contributed by atoms with van der Waals surface area (Å²) in [7, 11) is 0. The van der Waals surface area contributed by atoms with Crippen molar-refractivity contribution < 1.29 is 4.92 Å². The number of rotatable bonds is 5. The predicted molar refractivity (Wildman–Crippen MR) is 124 cm³/mol. The highest BCUT2D eigenvalue weighted by molar-refractivity contribution is 6.33. The molecule has 1 aliphatic rings. The normalized spacial score (nSPS) is 13.9. The summed E-state index contributed by atoms with van der Waals surface area (Å²) >= 11 is 6.20. The van der Waals surface area contributed by atoms with Crippen LogP contribution >= 0.6 is 11.6 Å². The van der Waals surface area contributed by atoms with Crippen LogP contribution in [-0.4, -0.2) is 41.1 Å². The summed E-state index contributed by atoms with van der Waals surface area (Å²) in [4.78, 5) is 24.1. The maximum atomic E-state index is 11.9. The van der Waals surface area contributed by atoms with Crippen molar-refractivity contribution >= 4 is 40.3 Å². The van der Waals surface area contributed by atoms with Crippen LogP contribution in [0.4, 0.5) is 28.7 Å². The number of hydrogen-bond donors (Lipinski definition) is 1. The molecular weight excluding hydrogens is 416 g/mol. The quantitative estimate of drug-likeness (QED) is 0.455. The third kappa shape index (κ3) is 4.25. The molecule has 0 radical (unpaired) electrons. The zero-order valence-electron chi connectivity index (χ0n) is 17.4. The summed E-state index contributed by atoms with van der Waals surface area (Å²) < 4.78 is 0. The molecule has 0 bridgehead atoms. The van der Waals surface area contributed by atoms with Gasteiger partial charge in [0.1, 0.15) is 6.33 Å². The van der Waals surface area contributed by atoms with Gasteiger partial charge in [0.15, 0.2) is 0 Å². The Bertz CT molecular complexity index is 1110. The molecule has 0 unspecified atom stereocenters. The van der Waals surface area contributed by atoms with E-state index in [9.17, 15) is 10.1 Å². The second-order valence-corrected chi connectivity index (χ2v) is 7.86. The van der Waals surface area contributed by atoms with Gasteiger partial charge in [0.2, 0.25) is 11.6 Å². The Kier molecular flexibility index (Phi) is 5.90. The maximum absolute atomic E-state index is 11.9. The average molecular weight is 439 g/mol. The van der Waals surface area contributed by atoms with E-state index in [1.807, 2.05) is 4.90 Å². The molecule has 0 atom stereocenters. The van der Waals surface area contributed by atoms with E-state index in [2.05, 4.69) is 52.2 Å². The van der Waals surface area contributed by atoms with E-state index < -0.39 is 4.92 Å². The summed E-state index contributed by atoms with van der Waals surface area (Å²) in [5.74, 6) is 0.440. The van der Waals surface area contributed by atoms with Crippen LogP contribution < -0.4 is 15.1 Å². The van der Waals surface area contributed by atoms with Gasteiger partial charge < -0.3 is 15.1 Å². The Hall–Kier alpha value is -3.39. The van der Waals surface area contributed by atoms with Crippen molar-refractivity contribution in [3.8, 4) is 0 Å². The lowest BCUT2D eigenvalue weighted by molar-refractivity contribution is -0.383. The van der Waals surface area contributed by atoms with Gasteiger partial charge in [-0.15, -0.1) is 0 Å². The highest BCUT2D eigenvalue weighted by Crippen LogP contribution is 2.36.